The number of aliphatic imine (C=N–C) groups is 1. The second-order valence-electron chi connectivity index (χ2n) is 5.80. The Morgan fingerprint density at radius 1 is 1.32 bits per heavy atom. The number of nitrogens with one attached hydrogen (secondary N) is 2. The van der Waals surface area contributed by atoms with E-state index in [1.165, 1.54) is 25.7 Å². The quantitative estimate of drug-likeness (QED) is 0.308. The zero-order valence-corrected chi connectivity index (χ0v) is 15.1. The van der Waals surface area contributed by atoms with Gasteiger partial charge in [-0.1, -0.05) is 20.3 Å². The molecule has 1 aliphatic rings. The highest BCUT2D eigenvalue weighted by molar-refractivity contribution is 14.0. The van der Waals surface area contributed by atoms with Crippen molar-refractivity contribution in [3.8, 4) is 0 Å². The van der Waals surface area contributed by atoms with Crippen molar-refractivity contribution in [2.24, 2.45) is 16.3 Å². The molecule has 1 rings (SSSR count). The van der Waals surface area contributed by atoms with Crippen LogP contribution in [0.3, 0.4) is 0 Å². The number of ether oxygens (including phenoxy) is 1. The van der Waals surface area contributed by atoms with Gasteiger partial charge in [-0.05, 0) is 30.6 Å². The molecule has 1 saturated carbocycles. The fourth-order valence-electron chi connectivity index (χ4n) is 2.76. The molecule has 0 bridgehead atoms. The largest absolute Gasteiger partial charge is 0.383 e. The maximum Gasteiger partial charge on any atom is 0.191 e. The number of hydrogen-bond donors (Lipinski definition) is 2. The Morgan fingerprint density at radius 3 is 2.42 bits per heavy atom. The zero-order chi connectivity index (χ0) is 13.4. The molecule has 0 saturated heterocycles. The maximum atomic E-state index is 5.02. The molecule has 0 aliphatic heterocycles. The normalized spacial score (nSPS) is 17.6. The molecule has 0 aromatic heterocycles. The fourth-order valence-corrected chi connectivity index (χ4v) is 2.76. The van der Waals surface area contributed by atoms with Crippen LogP contribution in [-0.2, 0) is 4.74 Å². The minimum atomic E-state index is 0. The van der Waals surface area contributed by atoms with Gasteiger partial charge < -0.3 is 15.4 Å². The van der Waals surface area contributed by atoms with E-state index in [2.05, 4.69) is 29.5 Å². The molecule has 1 aliphatic carbocycles. The van der Waals surface area contributed by atoms with Crippen LogP contribution in [0.5, 0.6) is 0 Å². The molecule has 0 amide bonds. The first kappa shape index (κ1) is 19.0. The van der Waals surface area contributed by atoms with E-state index in [-0.39, 0.29) is 24.0 Å². The van der Waals surface area contributed by atoms with E-state index in [1.54, 1.807) is 7.11 Å². The summed E-state index contributed by atoms with van der Waals surface area (Å²) < 4.78 is 5.02. The molecule has 5 heteroatoms. The van der Waals surface area contributed by atoms with E-state index in [0.717, 1.165) is 25.0 Å². The van der Waals surface area contributed by atoms with Crippen molar-refractivity contribution in [1.82, 2.24) is 10.6 Å². The van der Waals surface area contributed by atoms with Gasteiger partial charge in [0.2, 0.25) is 0 Å². The van der Waals surface area contributed by atoms with Gasteiger partial charge in [0.05, 0.1) is 6.61 Å². The molecule has 0 heterocycles. The summed E-state index contributed by atoms with van der Waals surface area (Å²) in [4.78, 5) is 4.24. The maximum absolute atomic E-state index is 5.02. The lowest BCUT2D eigenvalue weighted by Gasteiger charge is -2.43. The summed E-state index contributed by atoms with van der Waals surface area (Å²) in [6, 6.07) is 0. The Hall–Kier alpha value is -0.0400. The molecule has 2 N–H and O–H groups in total. The highest BCUT2D eigenvalue weighted by Gasteiger charge is 2.37. The number of nitrogens with zero attached hydrogens (tertiary/aromatic N) is 1. The van der Waals surface area contributed by atoms with Crippen molar-refractivity contribution in [1.29, 1.82) is 0 Å². The number of rotatable bonds is 7. The smallest absolute Gasteiger partial charge is 0.191 e. The van der Waals surface area contributed by atoms with Crippen molar-refractivity contribution in [3.05, 3.63) is 0 Å². The monoisotopic (exact) mass is 383 g/mol. The van der Waals surface area contributed by atoms with Crippen molar-refractivity contribution >= 4 is 29.9 Å². The van der Waals surface area contributed by atoms with E-state index in [0.29, 0.717) is 12.0 Å². The van der Waals surface area contributed by atoms with Gasteiger partial charge in [0, 0.05) is 27.2 Å². The minimum absolute atomic E-state index is 0. The van der Waals surface area contributed by atoms with Crippen LogP contribution in [0.2, 0.25) is 0 Å². The SMILES string of the molecule is CN=C(NCCOC)NCC1(CC(C)C)CCC1.I. The summed E-state index contributed by atoms with van der Waals surface area (Å²) >= 11 is 0. The third-order valence-electron chi connectivity index (χ3n) is 3.71. The van der Waals surface area contributed by atoms with E-state index < -0.39 is 0 Å². The molecule has 19 heavy (non-hydrogen) atoms. The highest BCUT2D eigenvalue weighted by atomic mass is 127. The highest BCUT2D eigenvalue weighted by Crippen LogP contribution is 2.45. The molecule has 0 radical (unpaired) electrons. The molecule has 0 spiro atoms. The van der Waals surface area contributed by atoms with Gasteiger partial charge in [-0.25, -0.2) is 0 Å². The van der Waals surface area contributed by atoms with E-state index in [4.69, 9.17) is 4.74 Å². The summed E-state index contributed by atoms with van der Waals surface area (Å²) in [6.45, 7) is 7.17. The predicted molar refractivity (Wildman–Crippen MR) is 92.4 cm³/mol. The number of hydrogen-bond acceptors (Lipinski definition) is 2. The standard InChI is InChI=1S/C14H29N3O.HI/c1-12(2)10-14(6-5-7-14)11-17-13(15-3)16-8-9-18-4;/h12H,5-11H2,1-4H3,(H2,15,16,17);1H. The summed E-state index contributed by atoms with van der Waals surface area (Å²) in [7, 11) is 3.53. The molecule has 114 valence electrons. The van der Waals surface area contributed by atoms with Gasteiger partial charge in [0.15, 0.2) is 5.96 Å². The molecule has 1 fully saturated rings. The van der Waals surface area contributed by atoms with Gasteiger partial charge in [-0.2, -0.15) is 0 Å². The average Bonchev–Trinajstić information content (AvgIpc) is 2.29. The van der Waals surface area contributed by atoms with Crippen LogP contribution >= 0.6 is 24.0 Å². The van der Waals surface area contributed by atoms with E-state index in [1.807, 2.05) is 7.05 Å². The zero-order valence-electron chi connectivity index (χ0n) is 12.8. The van der Waals surface area contributed by atoms with Crippen LogP contribution in [0.4, 0.5) is 0 Å². The van der Waals surface area contributed by atoms with Gasteiger partial charge >= 0.3 is 0 Å². The summed E-state index contributed by atoms with van der Waals surface area (Å²) in [5.41, 5.74) is 0.507. The van der Waals surface area contributed by atoms with Gasteiger partial charge in [0.1, 0.15) is 0 Å². The van der Waals surface area contributed by atoms with Crippen molar-refractivity contribution in [2.45, 2.75) is 39.5 Å². The molecule has 0 unspecified atom stereocenters. The Labute approximate surface area is 135 Å². The minimum Gasteiger partial charge on any atom is -0.383 e. The Kier molecular flexibility index (Phi) is 9.78. The third-order valence-corrected chi connectivity index (χ3v) is 3.71. The number of methoxy groups -OCH3 is 1. The van der Waals surface area contributed by atoms with Crippen LogP contribution in [0.1, 0.15) is 39.5 Å². The van der Waals surface area contributed by atoms with Gasteiger partial charge in [-0.3, -0.25) is 4.99 Å². The summed E-state index contributed by atoms with van der Waals surface area (Å²) in [5, 5.41) is 6.72. The first-order valence-electron chi connectivity index (χ1n) is 7.05. The predicted octanol–water partition coefficient (Wildman–Crippen LogP) is 2.63. The van der Waals surface area contributed by atoms with Crippen molar-refractivity contribution in [3.63, 3.8) is 0 Å². The molecule has 0 aromatic carbocycles. The molecular formula is C14H30IN3O. The van der Waals surface area contributed by atoms with Crippen molar-refractivity contribution in [2.75, 3.05) is 33.9 Å². The lowest BCUT2D eigenvalue weighted by atomic mass is 9.64. The second-order valence-corrected chi connectivity index (χ2v) is 5.80. The van der Waals surface area contributed by atoms with Crippen LogP contribution in [0.15, 0.2) is 4.99 Å². The first-order valence-corrected chi connectivity index (χ1v) is 7.05. The lowest BCUT2D eigenvalue weighted by molar-refractivity contribution is 0.104. The Balaban J connectivity index is 0.00000324. The van der Waals surface area contributed by atoms with Gasteiger partial charge in [0.25, 0.3) is 0 Å². The van der Waals surface area contributed by atoms with Crippen LogP contribution < -0.4 is 10.6 Å². The van der Waals surface area contributed by atoms with E-state index in [9.17, 15) is 0 Å². The Morgan fingerprint density at radius 2 is 2.00 bits per heavy atom. The van der Waals surface area contributed by atoms with Crippen molar-refractivity contribution < 1.29 is 4.74 Å². The lowest BCUT2D eigenvalue weighted by Crippen LogP contribution is -2.47. The topological polar surface area (TPSA) is 45.7 Å². The summed E-state index contributed by atoms with van der Waals surface area (Å²) in [6.07, 6.45) is 5.40. The first-order chi connectivity index (χ1) is 8.62. The average molecular weight is 383 g/mol. The Bertz CT molecular complexity index is 265. The fraction of sp³-hybridized carbons (Fsp3) is 0.929. The summed E-state index contributed by atoms with van der Waals surface area (Å²) in [5.74, 6) is 1.66. The number of halogens is 1. The molecule has 0 aromatic rings. The third kappa shape index (κ3) is 6.79. The van der Waals surface area contributed by atoms with Gasteiger partial charge in [-0.15, -0.1) is 24.0 Å². The van der Waals surface area contributed by atoms with Crippen LogP contribution in [0.25, 0.3) is 0 Å². The van der Waals surface area contributed by atoms with E-state index >= 15 is 0 Å². The molecule has 0 atom stereocenters. The number of guanidine groups is 1. The molecule has 4 nitrogen and oxygen atoms in total. The second kappa shape index (κ2) is 9.80. The van der Waals surface area contributed by atoms with Crippen LogP contribution in [-0.4, -0.2) is 39.8 Å². The van der Waals surface area contributed by atoms with Crippen LogP contribution in [0, 0.1) is 11.3 Å². The molecular weight excluding hydrogens is 353 g/mol.